The number of hydrogen-bond donors (Lipinski definition) is 2. The molecule has 0 unspecified atom stereocenters. The van der Waals surface area contributed by atoms with Gasteiger partial charge in [-0.15, -0.1) is 0 Å². The van der Waals surface area contributed by atoms with E-state index < -0.39 is 29.6 Å². The number of anilines is 1. The Morgan fingerprint density at radius 2 is 2.06 bits per heavy atom. The average molecular weight is 510 g/mol. The summed E-state index contributed by atoms with van der Waals surface area (Å²) in [7, 11) is 0. The van der Waals surface area contributed by atoms with E-state index in [4.69, 9.17) is 5.73 Å². The van der Waals surface area contributed by atoms with E-state index in [0.717, 1.165) is 12.3 Å². The lowest BCUT2D eigenvalue weighted by Crippen LogP contribution is -2.47. The number of alkyl halides is 3. The van der Waals surface area contributed by atoms with Crippen molar-refractivity contribution in [1.29, 1.82) is 0 Å². The Morgan fingerprint density at radius 3 is 2.67 bits per heavy atom. The molecule has 0 radical (unpaired) electrons. The monoisotopic (exact) mass is 509 g/mol. The number of primary amides is 1. The van der Waals surface area contributed by atoms with Crippen molar-refractivity contribution in [3.8, 4) is 0 Å². The van der Waals surface area contributed by atoms with Gasteiger partial charge in [0.15, 0.2) is 5.82 Å². The van der Waals surface area contributed by atoms with Crippen LogP contribution < -0.4 is 10.6 Å². The van der Waals surface area contributed by atoms with E-state index in [1.54, 1.807) is 14.4 Å². The molecule has 1 amide bonds. The molecule has 0 aromatic carbocycles. The first-order valence-electron chi connectivity index (χ1n) is 11.5. The summed E-state index contributed by atoms with van der Waals surface area (Å²) >= 11 is 0. The first-order valence-corrected chi connectivity index (χ1v) is 11.5. The Bertz CT molecular complexity index is 1220. The third-order valence-electron chi connectivity index (χ3n) is 6.39. The van der Waals surface area contributed by atoms with Gasteiger partial charge in [-0.1, -0.05) is 0 Å². The number of piperidine rings is 1. The zero-order valence-corrected chi connectivity index (χ0v) is 19.6. The maximum Gasteiger partial charge on any atom is 0.417 e. The van der Waals surface area contributed by atoms with Crippen LogP contribution in [-0.2, 0) is 24.1 Å². The Labute approximate surface area is 204 Å². The van der Waals surface area contributed by atoms with Crippen LogP contribution in [0.1, 0.15) is 24.6 Å². The lowest BCUT2D eigenvalue weighted by atomic mass is 9.93. The first-order chi connectivity index (χ1) is 17.1. The van der Waals surface area contributed by atoms with E-state index in [1.807, 2.05) is 6.92 Å². The van der Waals surface area contributed by atoms with Crippen molar-refractivity contribution in [2.24, 2.45) is 11.7 Å². The molecule has 36 heavy (non-hydrogen) atoms. The van der Waals surface area contributed by atoms with E-state index in [1.165, 1.54) is 18.6 Å². The molecule has 1 fully saturated rings. The Kier molecular flexibility index (Phi) is 7.41. The third kappa shape index (κ3) is 5.57. The molecule has 0 bridgehead atoms. The van der Waals surface area contributed by atoms with Gasteiger partial charge >= 0.3 is 6.18 Å². The number of amides is 1. The fraction of sp³-hybridized carbons (Fsp3) is 0.478. The van der Waals surface area contributed by atoms with Gasteiger partial charge in [0.1, 0.15) is 17.8 Å². The maximum atomic E-state index is 15.2. The minimum Gasteiger partial charge on any atom is -0.391 e. The van der Waals surface area contributed by atoms with Gasteiger partial charge in [-0.05, 0) is 32.0 Å². The van der Waals surface area contributed by atoms with Gasteiger partial charge in [0.25, 0.3) is 0 Å². The number of nitrogens with two attached hydrogens (primary N) is 1. The van der Waals surface area contributed by atoms with Crippen LogP contribution >= 0.6 is 0 Å². The molecule has 3 aromatic rings. The maximum absolute atomic E-state index is 15.2. The molecule has 1 saturated heterocycles. The second-order valence-electron chi connectivity index (χ2n) is 8.89. The highest BCUT2D eigenvalue weighted by Crippen LogP contribution is 2.31. The molecule has 2 atom stereocenters. The minimum absolute atomic E-state index is 0.0715. The lowest BCUT2D eigenvalue weighted by molar-refractivity contribution is -0.137. The highest BCUT2D eigenvalue weighted by Gasteiger charge is 2.31. The highest BCUT2D eigenvalue weighted by atomic mass is 19.4. The SMILES string of the molecule is CCN(Cc1ccc(C(F)(F)F)cn1)c1ncnc2c1c(F)cn2C[C@@H]1CCN(CC(N)=O)C[C@H]1O. The number of halogens is 4. The Balaban J connectivity index is 1.55. The van der Waals surface area contributed by atoms with E-state index in [-0.39, 0.29) is 24.4 Å². The number of aromatic nitrogens is 4. The number of fused-ring (bicyclic) bond motifs is 1. The number of aliphatic hydroxyl groups is 1. The number of rotatable bonds is 8. The van der Waals surface area contributed by atoms with E-state index in [2.05, 4.69) is 15.0 Å². The molecule has 13 heteroatoms. The van der Waals surface area contributed by atoms with E-state index in [9.17, 15) is 23.1 Å². The van der Waals surface area contributed by atoms with Gasteiger partial charge in [-0.3, -0.25) is 14.7 Å². The standard InChI is InChI=1S/C23H27F4N7O2/c1-2-33(9-16-4-3-15(7-29-16)23(25,26)27)21-20-17(24)10-34(22(20)31-13-30-21)8-14-5-6-32(11-18(14)35)12-19(28)36/h3-4,7,10,13-14,18,35H,2,5-6,8-9,11-12H2,1H3,(H2,28,36)/t14-,18+/m0/s1. The molecule has 0 saturated carbocycles. The molecular weight excluding hydrogens is 482 g/mol. The van der Waals surface area contributed by atoms with Crippen LogP contribution in [0.3, 0.4) is 0 Å². The van der Waals surface area contributed by atoms with Crippen LogP contribution in [0.4, 0.5) is 23.4 Å². The summed E-state index contributed by atoms with van der Waals surface area (Å²) < 4.78 is 55.3. The zero-order chi connectivity index (χ0) is 26.0. The zero-order valence-electron chi connectivity index (χ0n) is 19.6. The highest BCUT2D eigenvalue weighted by molar-refractivity contribution is 5.88. The smallest absolute Gasteiger partial charge is 0.391 e. The minimum atomic E-state index is -4.48. The predicted octanol–water partition coefficient (Wildman–Crippen LogP) is 2.18. The number of carbonyl (C=O) groups excluding carboxylic acids is 1. The van der Waals surface area contributed by atoms with Crippen LogP contribution in [0.5, 0.6) is 0 Å². The molecule has 4 rings (SSSR count). The predicted molar refractivity (Wildman–Crippen MR) is 123 cm³/mol. The quantitative estimate of drug-likeness (QED) is 0.448. The van der Waals surface area contributed by atoms with Crippen molar-refractivity contribution in [2.45, 2.75) is 38.7 Å². The molecule has 3 aromatic heterocycles. The van der Waals surface area contributed by atoms with Gasteiger partial charge in [0.2, 0.25) is 5.91 Å². The third-order valence-corrected chi connectivity index (χ3v) is 6.39. The largest absolute Gasteiger partial charge is 0.417 e. The summed E-state index contributed by atoms with van der Waals surface area (Å²) in [5.41, 5.74) is 5.12. The number of carbonyl (C=O) groups is 1. The molecule has 0 aliphatic carbocycles. The number of pyridine rings is 1. The van der Waals surface area contributed by atoms with Crippen molar-refractivity contribution >= 4 is 22.8 Å². The Morgan fingerprint density at radius 1 is 1.28 bits per heavy atom. The van der Waals surface area contributed by atoms with Crippen LogP contribution in [0.25, 0.3) is 11.0 Å². The van der Waals surface area contributed by atoms with Gasteiger partial charge in [0.05, 0.1) is 35.8 Å². The summed E-state index contributed by atoms with van der Waals surface area (Å²) in [6.07, 6.45) is -1.22. The number of hydrogen-bond acceptors (Lipinski definition) is 7. The van der Waals surface area contributed by atoms with Crippen LogP contribution in [0, 0.1) is 11.7 Å². The van der Waals surface area contributed by atoms with Crippen molar-refractivity contribution in [3.05, 3.63) is 47.9 Å². The first kappa shape index (κ1) is 25.8. The normalized spacial score (nSPS) is 19.1. The number of likely N-dealkylation sites (tertiary alicyclic amines) is 1. The molecule has 0 spiro atoms. The Hall–Kier alpha value is -3.32. The fourth-order valence-electron chi connectivity index (χ4n) is 4.53. The average Bonchev–Trinajstić information content (AvgIpc) is 3.14. The second-order valence-corrected chi connectivity index (χ2v) is 8.89. The van der Waals surface area contributed by atoms with Crippen molar-refractivity contribution in [2.75, 3.05) is 31.1 Å². The molecule has 1 aliphatic heterocycles. The molecule has 1 aliphatic rings. The summed E-state index contributed by atoms with van der Waals surface area (Å²) in [4.78, 5) is 27.1. The molecule has 9 nitrogen and oxygen atoms in total. The van der Waals surface area contributed by atoms with E-state index >= 15 is 4.39 Å². The van der Waals surface area contributed by atoms with Crippen LogP contribution in [0.15, 0.2) is 30.9 Å². The summed E-state index contributed by atoms with van der Waals surface area (Å²) in [5.74, 6) is -0.881. The van der Waals surface area contributed by atoms with Crippen molar-refractivity contribution in [3.63, 3.8) is 0 Å². The fourth-order valence-corrected chi connectivity index (χ4v) is 4.53. The number of aliphatic hydroxyl groups excluding tert-OH is 1. The molecule has 3 N–H and O–H groups in total. The number of β-amino-alcohol motifs (C(OH)–C–C–N with tert-alkyl or cyclic N) is 1. The second kappa shape index (κ2) is 10.3. The lowest BCUT2D eigenvalue weighted by Gasteiger charge is -2.35. The summed E-state index contributed by atoms with van der Waals surface area (Å²) in [6, 6.07) is 2.25. The molecule has 4 heterocycles. The van der Waals surface area contributed by atoms with Crippen LogP contribution in [-0.4, -0.2) is 67.7 Å². The van der Waals surface area contributed by atoms with Crippen LogP contribution in [0.2, 0.25) is 0 Å². The van der Waals surface area contributed by atoms with Gasteiger partial charge < -0.3 is 20.3 Å². The van der Waals surface area contributed by atoms with Gasteiger partial charge in [-0.25, -0.2) is 14.4 Å². The topological polar surface area (TPSA) is 113 Å². The van der Waals surface area contributed by atoms with Crippen molar-refractivity contribution in [1.82, 2.24) is 24.4 Å². The van der Waals surface area contributed by atoms with Gasteiger partial charge in [0, 0.05) is 37.9 Å². The number of nitrogens with zero attached hydrogens (tertiary/aromatic N) is 6. The molecule has 194 valence electrons. The van der Waals surface area contributed by atoms with Gasteiger partial charge in [-0.2, -0.15) is 13.2 Å². The van der Waals surface area contributed by atoms with Crippen molar-refractivity contribution < 1.29 is 27.5 Å². The summed E-state index contributed by atoms with van der Waals surface area (Å²) in [5, 5.41) is 10.8. The summed E-state index contributed by atoms with van der Waals surface area (Å²) in [6.45, 7) is 3.61. The van der Waals surface area contributed by atoms with E-state index in [0.29, 0.717) is 49.8 Å². The molecular formula is C23H27F4N7O2.